The van der Waals surface area contributed by atoms with Crippen molar-refractivity contribution < 1.29 is 14.4 Å². The van der Waals surface area contributed by atoms with Crippen LogP contribution >= 0.6 is 11.3 Å². The Morgan fingerprint density at radius 2 is 1.96 bits per heavy atom. The van der Waals surface area contributed by atoms with Crippen LogP contribution in [-0.4, -0.2) is 53.7 Å². The molecule has 2 fully saturated rings. The highest BCUT2D eigenvalue weighted by atomic mass is 32.1. The van der Waals surface area contributed by atoms with Gasteiger partial charge >= 0.3 is 0 Å². The molecule has 2 aliphatic rings. The van der Waals surface area contributed by atoms with Crippen molar-refractivity contribution >= 4 is 29.1 Å². The Morgan fingerprint density at radius 1 is 1.27 bits per heavy atom. The van der Waals surface area contributed by atoms with Crippen LogP contribution in [0.25, 0.3) is 0 Å². The number of nitrogens with one attached hydrogen (secondary N) is 1. The molecule has 142 valence electrons. The van der Waals surface area contributed by atoms with Gasteiger partial charge in [0.25, 0.3) is 0 Å². The van der Waals surface area contributed by atoms with Crippen LogP contribution in [-0.2, 0) is 14.4 Å². The molecule has 1 atom stereocenters. The number of piperidine rings is 1. The molecule has 1 N–H and O–H groups in total. The number of carbonyl (C=O) groups is 3. The van der Waals surface area contributed by atoms with E-state index in [9.17, 15) is 14.4 Å². The minimum atomic E-state index is -0.165. The van der Waals surface area contributed by atoms with Crippen molar-refractivity contribution in [2.24, 2.45) is 5.92 Å². The number of likely N-dealkylation sites (tertiary alicyclic amines) is 2. The third-order valence-electron chi connectivity index (χ3n) is 5.34. The van der Waals surface area contributed by atoms with Crippen LogP contribution in [0.3, 0.4) is 0 Å². The second-order valence-corrected chi connectivity index (χ2v) is 8.22. The summed E-state index contributed by atoms with van der Waals surface area (Å²) in [5.74, 6) is 0.327. The Bertz CT molecular complexity index is 622. The predicted molar refractivity (Wildman–Crippen MR) is 101 cm³/mol. The molecule has 3 heterocycles. The summed E-state index contributed by atoms with van der Waals surface area (Å²) in [6.07, 6.45) is 3.10. The van der Waals surface area contributed by atoms with Crippen molar-refractivity contribution in [2.45, 2.75) is 45.1 Å². The van der Waals surface area contributed by atoms with Crippen LogP contribution < -0.4 is 5.32 Å². The Morgan fingerprint density at radius 3 is 2.58 bits per heavy atom. The average Bonchev–Trinajstić information content (AvgIpc) is 3.26. The molecular formula is C19H27N3O3S. The molecule has 7 heteroatoms. The monoisotopic (exact) mass is 377 g/mol. The van der Waals surface area contributed by atoms with Crippen molar-refractivity contribution in [3.63, 3.8) is 0 Å². The van der Waals surface area contributed by atoms with Crippen molar-refractivity contribution in [1.82, 2.24) is 15.1 Å². The fraction of sp³-hybridized carbons (Fsp3) is 0.632. The van der Waals surface area contributed by atoms with E-state index >= 15 is 0 Å². The lowest BCUT2D eigenvalue weighted by Gasteiger charge is -2.36. The normalized spacial score (nSPS) is 20.6. The summed E-state index contributed by atoms with van der Waals surface area (Å²) in [6, 6.07) is 4.37. The Labute approximate surface area is 158 Å². The largest absolute Gasteiger partial charge is 0.354 e. The summed E-state index contributed by atoms with van der Waals surface area (Å²) in [5.41, 5.74) is 0. The maximum absolute atomic E-state index is 12.2. The van der Waals surface area contributed by atoms with Crippen molar-refractivity contribution in [1.29, 1.82) is 0 Å². The van der Waals surface area contributed by atoms with Gasteiger partial charge in [0.2, 0.25) is 17.7 Å². The number of imide groups is 1. The fourth-order valence-electron chi connectivity index (χ4n) is 3.62. The van der Waals surface area contributed by atoms with Gasteiger partial charge in [-0.15, -0.1) is 11.3 Å². The molecule has 1 aromatic rings. The molecule has 3 rings (SSSR count). The summed E-state index contributed by atoms with van der Waals surface area (Å²) in [6.45, 7) is 5.15. The molecule has 6 nitrogen and oxygen atoms in total. The minimum absolute atomic E-state index is 0.107. The van der Waals surface area contributed by atoms with E-state index in [1.165, 1.54) is 22.6 Å². The lowest BCUT2D eigenvalue weighted by molar-refractivity contribution is -0.138. The van der Waals surface area contributed by atoms with Gasteiger partial charge in [-0.2, -0.15) is 0 Å². The smallest absolute Gasteiger partial charge is 0.229 e. The first-order chi connectivity index (χ1) is 12.5. The maximum Gasteiger partial charge on any atom is 0.229 e. The van der Waals surface area contributed by atoms with E-state index in [-0.39, 0.29) is 49.6 Å². The topological polar surface area (TPSA) is 69.7 Å². The number of thiophene rings is 1. The van der Waals surface area contributed by atoms with Gasteiger partial charge in [0.15, 0.2) is 0 Å². The van der Waals surface area contributed by atoms with Crippen LogP contribution in [0.5, 0.6) is 0 Å². The third kappa shape index (κ3) is 4.71. The molecule has 0 saturated carbocycles. The number of amides is 3. The summed E-state index contributed by atoms with van der Waals surface area (Å²) < 4.78 is 0. The van der Waals surface area contributed by atoms with E-state index in [2.05, 4.69) is 28.6 Å². The molecule has 0 spiro atoms. The van der Waals surface area contributed by atoms with E-state index in [1.54, 1.807) is 11.3 Å². The number of carbonyl (C=O) groups excluding carboxylic acids is 3. The number of rotatable bonds is 7. The lowest BCUT2D eigenvalue weighted by Crippen LogP contribution is -2.42. The number of nitrogens with zero attached hydrogens (tertiary/aromatic N) is 2. The average molecular weight is 378 g/mol. The van der Waals surface area contributed by atoms with Gasteiger partial charge in [-0.3, -0.25) is 24.2 Å². The first-order valence-corrected chi connectivity index (χ1v) is 10.3. The Hall–Kier alpha value is -1.73. The molecule has 1 aromatic heterocycles. The van der Waals surface area contributed by atoms with E-state index in [4.69, 9.17) is 0 Å². The second kappa shape index (κ2) is 8.77. The zero-order chi connectivity index (χ0) is 18.5. The highest BCUT2D eigenvalue weighted by Crippen LogP contribution is 2.29. The Balaban J connectivity index is 1.51. The van der Waals surface area contributed by atoms with Crippen molar-refractivity contribution in [3.8, 4) is 0 Å². The van der Waals surface area contributed by atoms with Crippen molar-refractivity contribution in [2.75, 3.05) is 26.2 Å². The first-order valence-electron chi connectivity index (χ1n) is 9.42. The number of hydrogen-bond acceptors (Lipinski definition) is 5. The molecule has 0 bridgehead atoms. The van der Waals surface area contributed by atoms with Crippen LogP contribution in [0.4, 0.5) is 0 Å². The molecular weight excluding hydrogens is 350 g/mol. The highest BCUT2D eigenvalue weighted by molar-refractivity contribution is 7.10. The zero-order valence-corrected chi connectivity index (χ0v) is 16.1. The van der Waals surface area contributed by atoms with Gasteiger partial charge in [-0.05, 0) is 43.3 Å². The SMILES string of the molecule is CC1CCN(C(CNC(=O)CCN2C(=O)CCC2=O)c2cccs2)CC1. The summed E-state index contributed by atoms with van der Waals surface area (Å²) >= 11 is 1.72. The van der Waals surface area contributed by atoms with Gasteiger partial charge in [0.05, 0.1) is 6.04 Å². The van der Waals surface area contributed by atoms with E-state index in [1.807, 2.05) is 6.07 Å². The summed E-state index contributed by atoms with van der Waals surface area (Å²) in [4.78, 5) is 40.4. The van der Waals surface area contributed by atoms with Gasteiger partial charge in [-0.1, -0.05) is 13.0 Å². The third-order valence-corrected chi connectivity index (χ3v) is 6.31. The molecule has 0 aromatic carbocycles. The molecule has 0 radical (unpaired) electrons. The molecule has 1 unspecified atom stereocenters. The zero-order valence-electron chi connectivity index (χ0n) is 15.3. The molecule has 0 aliphatic carbocycles. The van der Waals surface area contributed by atoms with E-state index in [0.717, 1.165) is 19.0 Å². The van der Waals surface area contributed by atoms with Gasteiger partial charge in [0.1, 0.15) is 0 Å². The molecule has 2 saturated heterocycles. The molecule has 26 heavy (non-hydrogen) atoms. The van der Waals surface area contributed by atoms with E-state index < -0.39 is 0 Å². The van der Waals surface area contributed by atoms with Gasteiger partial charge < -0.3 is 5.32 Å². The fourth-order valence-corrected chi connectivity index (χ4v) is 4.48. The van der Waals surface area contributed by atoms with Crippen molar-refractivity contribution in [3.05, 3.63) is 22.4 Å². The van der Waals surface area contributed by atoms with Crippen LogP contribution in [0.1, 0.15) is 49.9 Å². The quantitative estimate of drug-likeness (QED) is 0.740. The van der Waals surface area contributed by atoms with Crippen LogP contribution in [0.2, 0.25) is 0 Å². The first kappa shape index (κ1) is 19.0. The predicted octanol–water partition coefficient (Wildman–Crippen LogP) is 2.18. The van der Waals surface area contributed by atoms with E-state index in [0.29, 0.717) is 6.54 Å². The van der Waals surface area contributed by atoms with Gasteiger partial charge in [-0.25, -0.2) is 0 Å². The Kier molecular flexibility index (Phi) is 6.43. The second-order valence-electron chi connectivity index (χ2n) is 7.24. The number of hydrogen-bond donors (Lipinski definition) is 1. The lowest BCUT2D eigenvalue weighted by atomic mass is 9.97. The molecule has 2 aliphatic heterocycles. The summed E-state index contributed by atoms with van der Waals surface area (Å²) in [7, 11) is 0. The standard InChI is InChI=1S/C19H27N3O3S/c1-14-6-9-21(10-7-14)15(16-3-2-12-26-16)13-20-17(23)8-11-22-18(24)4-5-19(22)25/h2-3,12,14-15H,4-11,13H2,1H3,(H,20,23). The minimum Gasteiger partial charge on any atom is -0.354 e. The summed E-state index contributed by atoms with van der Waals surface area (Å²) in [5, 5.41) is 5.08. The van der Waals surface area contributed by atoms with Crippen LogP contribution in [0, 0.1) is 5.92 Å². The maximum atomic E-state index is 12.2. The van der Waals surface area contributed by atoms with Gasteiger partial charge in [0, 0.05) is 37.2 Å². The van der Waals surface area contributed by atoms with Crippen LogP contribution in [0.15, 0.2) is 17.5 Å². The highest BCUT2D eigenvalue weighted by Gasteiger charge is 2.29. The molecule has 3 amide bonds.